The van der Waals surface area contributed by atoms with E-state index in [2.05, 4.69) is 83.3 Å². The molecule has 8 heteroatoms. The summed E-state index contributed by atoms with van der Waals surface area (Å²) >= 11 is 1.55. The van der Waals surface area contributed by atoms with E-state index in [0.717, 1.165) is 56.3 Å². The minimum Gasteiger partial charge on any atom is -0.497 e. The number of ether oxygens (including phenoxy) is 3. The van der Waals surface area contributed by atoms with E-state index in [4.69, 9.17) is 24.1 Å². The average Bonchev–Trinajstić information content (AvgIpc) is 3.72. The standard InChI is InChI=1S/C40H58N2O4SSi/c1-9-10-11-15-36(46-28-29-16-23-33(44-5)24-17-29)30-18-20-32(21-19-30)38-31(13-12-14-34-25-27-37(47-34)39(43)45-6)22-26-35(38)41-42-48(7,8)40(2,3)4/h16-21,23-25,27,31,35-36,38H,9-15,22,26,28H2,1-8H3/t31-,35?,36?,38-/m0/s1. The number of benzene rings is 2. The average molecular weight is 691 g/mol. The lowest BCUT2D eigenvalue weighted by atomic mass is 9.83. The summed E-state index contributed by atoms with van der Waals surface area (Å²) in [6.45, 7) is 14.4. The van der Waals surface area contributed by atoms with Crippen LogP contribution in [-0.4, -0.2) is 34.5 Å². The summed E-state index contributed by atoms with van der Waals surface area (Å²) in [7, 11) is 1.25. The molecule has 262 valence electrons. The molecule has 2 aromatic carbocycles. The van der Waals surface area contributed by atoms with Crippen molar-refractivity contribution in [3.63, 3.8) is 0 Å². The lowest BCUT2D eigenvalue weighted by Crippen LogP contribution is -2.35. The second-order valence-corrected chi connectivity index (χ2v) is 20.9. The molecule has 2 unspecified atom stereocenters. The number of hydrogen-bond donors (Lipinski definition) is 0. The van der Waals surface area contributed by atoms with Crippen molar-refractivity contribution in [2.75, 3.05) is 14.2 Å². The Hall–Kier alpha value is -2.81. The SMILES string of the molecule is CCCCCC(OCc1ccc(OC)cc1)c1ccc([C@H]2C(N=N[Si](C)(C)C(C)(C)C)CC[C@@H]2CCCc2ccc(C(=O)OC)s2)cc1. The van der Waals surface area contributed by atoms with Gasteiger partial charge in [-0.05, 0) is 104 Å². The van der Waals surface area contributed by atoms with Crippen LogP contribution in [0.2, 0.25) is 18.1 Å². The molecule has 0 bridgehead atoms. The summed E-state index contributed by atoms with van der Waals surface area (Å²) in [6, 6.07) is 21.6. The predicted octanol–water partition coefficient (Wildman–Crippen LogP) is 11.7. The molecule has 48 heavy (non-hydrogen) atoms. The zero-order chi connectivity index (χ0) is 34.7. The Morgan fingerprint density at radius 2 is 1.69 bits per heavy atom. The first-order chi connectivity index (χ1) is 23.0. The molecule has 1 aliphatic rings. The van der Waals surface area contributed by atoms with E-state index < -0.39 is 8.24 Å². The smallest absolute Gasteiger partial charge is 0.348 e. The predicted molar refractivity (Wildman–Crippen MR) is 201 cm³/mol. The fourth-order valence-corrected chi connectivity index (χ4v) is 8.12. The number of hydrogen-bond acceptors (Lipinski definition) is 7. The maximum absolute atomic E-state index is 12.0. The summed E-state index contributed by atoms with van der Waals surface area (Å²) in [5, 5.41) is 5.32. The topological polar surface area (TPSA) is 69.5 Å². The number of unbranched alkanes of at least 4 members (excludes halogenated alkanes) is 2. The molecule has 4 rings (SSSR count). The van der Waals surface area contributed by atoms with Crippen LogP contribution in [0.25, 0.3) is 0 Å². The molecule has 1 aliphatic carbocycles. The van der Waals surface area contributed by atoms with Crippen LogP contribution in [-0.2, 0) is 22.5 Å². The number of nitrogens with zero attached hydrogens (tertiary/aromatic N) is 2. The Kier molecular flexibility index (Phi) is 14.0. The van der Waals surface area contributed by atoms with Gasteiger partial charge in [0.1, 0.15) is 10.6 Å². The minimum absolute atomic E-state index is 0.0572. The Labute approximate surface area is 294 Å². The minimum atomic E-state index is -1.89. The highest BCUT2D eigenvalue weighted by Crippen LogP contribution is 2.46. The van der Waals surface area contributed by atoms with Gasteiger partial charge in [0.15, 0.2) is 0 Å². The number of aryl methyl sites for hydroxylation is 1. The summed E-state index contributed by atoms with van der Waals surface area (Å²) < 4.78 is 21.9. The van der Waals surface area contributed by atoms with Gasteiger partial charge >= 0.3 is 5.97 Å². The van der Waals surface area contributed by atoms with Gasteiger partial charge in [-0.3, -0.25) is 0 Å². The van der Waals surface area contributed by atoms with E-state index >= 15 is 0 Å². The van der Waals surface area contributed by atoms with Gasteiger partial charge in [-0.15, -0.1) is 11.3 Å². The highest BCUT2D eigenvalue weighted by molar-refractivity contribution is 7.13. The van der Waals surface area contributed by atoms with E-state index in [1.165, 1.54) is 36.0 Å². The molecule has 1 heterocycles. The monoisotopic (exact) mass is 690 g/mol. The maximum atomic E-state index is 12.0. The van der Waals surface area contributed by atoms with E-state index in [-0.39, 0.29) is 23.2 Å². The Bertz CT molecular complexity index is 1450. The van der Waals surface area contributed by atoms with Gasteiger partial charge in [0, 0.05) is 10.8 Å². The molecule has 0 radical (unpaired) electrons. The Morgan fingerprint density at radius 1 is 0.958 bits per heavy atom. The normalized spacial score (nSPS) is 19.1. The van der Waals surface area contributed by atoms with Crippen molar-refractivity contribution in [3.8, 4) is 5.75 Å². The summed E-state index contributed by atoms with van der Waals surface area (Å²) in [5.74, 6) is 1.51. The molecule has 0 amide bonds. The third-order valence-electron chi connectivity index (χ3n) is 10.5. The third kappa shape index (κ3) is 10.3. The van der Waals surface area contributed by atoms with Gasteiger partial charge in [0.2, 0.25) is 8.24 Å². The molecule has 0 spiro atoms. The first-order valence-corrected chi connectivity index (χ1v) is 21.7. The second kappa shape index (κ2) is 17.7. The van der Waals surface area contributed by atoms with Crippen molar-refractivity contribution in [2.45, 2.75) is 128 Å². The van der Waals surface area contributed by atoms with Gasteiger partial charge in [-0.1, -0.05) is 83.4 Å². The number of methoxy groups -OCH3 is 2. The van der Waals surface area contributed by atoms with Gasteiger partial charge in [-0.2, -0.15) is 0 Å². The second-order valence-electron chi connectivity index (χ2n) is 14.9. The van der Waals surface area contributed by atoms with Gasteiger partial charge in [0.25, 0.3) is 0 Å². The number of carbonyl (C=O) groups is 1. The molecule has 1 saturated carbocycles. The van der Waals surface area contributed by atoms with Crippen LogP contribution < -0.4 is 4.74 Å². The number of esters is 1. The highest BCUT2D eigenvalue weighted by atomic mass is 32.1. The van der Waals surface area contributed by atoms with Crippen molar-refractivity contribution in [3.05, 3.63) is 87.1 Å². The molecule has 6 nitrogen and oxygen atoms in total. The van der Waals surface area contributed by atoms with Crippen LogP contribution >= 0.6 is 11.3 Å². The molecular weight excluding hydrogens is 633 g/mol. The number of thiophene rings is 1. The molecule has 1 fully saturated rings. The van der Waals surface area contributed by atoms with Crippen molar-refractivity contribution < 1.29 is 19.0 Å². The Morgan fingerprint density at radius 3 is 2.33 bits per heavy atom. The molecule has 0 N–H and O–H groups in total. The zero-order valence-electron chi connectivity index (χ0n) is 30.6. The van der Waals surface area contributed by atoms with E-state index in [0.29, 0.717) is 23.3 Å². The lowest BCUT2D eigenvalue weighted by molar-refractivity contribution is 0.0321. The van der Waals surface area contributed by atoms with Crippen LogP contribution in [0.4, 0.5) is 0 Å². The molecule has 1 aromatic heterocycles. The van der Waals surface area contributed by atoms with Crippen LogP contribution in [0, 0.1) is 5.92 Å². The molecule has 0 aliphatic heterocycles. The molecular formula is C40H58N2O4SSi. The first kappa shape index (κ1) is 38.0. The van der Waals surface area contributed by atoms with Gasteiger partial charge < -0.3 is 14.2 Å². The number of carbonyl (C=O) groups excluding carboxylic acids is 1. The number of rotatable bonds is 17. The lowest BCUT2D eigenvalue weighted by Gasteiger charge is -2.32. The van der Waals surface area contributed by atoms with Crippen molar-refractivity contribution in [1.82, 2.24) is 0 Å². The fraction of sp³-hybridized carbons (Fsp3) is 0.575. The molecule has 3 aromatic rings. The third-order valence-corrected chi connectivity index (χ3v) is 15.9. The van der Waals surface area contributed by atoms with E-state index in [1.54, 1.807) is 18.4 Å². The van der Waals surface area contributed by atoms with Crippen LogP contribution in [0.5, 0.6) is 5.75 Å². The summed E-state index contributed by atoms with van der Waals surface area (Å²) in [4.78, 5) is 13.9. The Balaban J connectivity index is 1.52. The van der Waals surface area contributed by atoms with Crippen molar-refractivity contribution in [1.29, 1.82) is 0 Å². The van der Waals surface area contributed by atoms with Gasteiger partial charge in [-0.25, -0.2) is 14.7 Å². The summed E-state index contributed by atoms with van der Waals surface area (Å²) in [5.41, 5.74) is 3.77. The quantitative estimate of drug-likeness (QED) is 0.0612. The van der Waals surface area contributed by atoms with Crippen LogP contribution in [0.1, 0.15) is 122 Å². The first-order valence-electron chi connectivity index (χ1n) is 17.9. The van der Waals surface area contributed by atoms with Crippen LogP contribution in [0.15, 0.2) is 70.6 Å². The van der Waals surface area contributed by atoms with E-state index in [9.17, 15) is 4.79 Å². The van der Waals surface area contributed by atoms with Gasteiger partial charge in [0.05, 0.1) is 33.0 Å². The largest absolute Gasteiger partial charge is 0.497 e. The zero-order valence-corrected chi connectivity index (χ0v) is 32.4. The van der Waals surface area contributed by atoms with Crippen LogP contribution in [0.3, 0.4) is 0 Å². The highest BCUT2D eigenvalue weighted by Gasteiger charge is 2.40. The van der Waals surface area contributed by atoms with E-state index in [1.807, 2.05) is 18.2 Å². The van der Waals surface area contributed by atoms with Crippen molar-refractivity contribution >= 4 is 25.5 Å². The van der Waals surface area contributed by atoms with Crippen molar-refractivity contribution in [2.24, 2.45) is 15.8 Å². The maximum Gasteiger partial charge on any atom is 0.348 e. The molecule has 4 atom stereocenters. The summed E-state index contributed by atoms with van der Waals surface area (Å²) in [6.07, 6.45) is 10.1. The molecule has 0 saturated heterocycles. The fourth-order valence-electron chi connectivity index (χ4n) is 6.41.